The highest BCUT2D eigenvalue weighted by Crippen LogP contribution is 2.12. The molecule has 0 saturated carbocycles. The Kier molecular flexibility index (Phi) is 5.66. The van der Waals surface area contributed by atoms with Crippen LogP contribution in [0.2, 0.25) is 0 Å². The summed E-state index contributed by atoms with van der Waals surface area (Å²) in [7, 11) is 1.30. The van der Waals surface area contributed by atoms with Gasteiger partial charge in [0.15, 0.2) is 5.78 Å². The topological polar surface area (TPSA) is 75.7 Å². The quantitative estimate of drug-likeness (QED) is 0.616. The third-order valence-corrected chi connectivity index (χ3v) is 3.75. The number of carbonyl (C=O) groups excluding carboxylic acids is 3. The molecule has 1 saturated heterocycles. The molecule has 1 atom stereocenters. The first-order valence-corrected chi connectivity index (χ1v) is 7.28. The van der Waals surface area contributed by atoms with Crippen LogP contribution in [0.4, 0.5) is 0 Å². The molecule has 1 fully saturated rings. The largest absolute Gasteiger partial charge is 0.469 e. The van der Waals surface area contributed by atoms with Crippen LogP contribution in [0.5, 0.6) is 0 Å². The van der Waals surface area contributed by atoms with Crippen LogP contribution >= 0.6 is 0 Å². The Hall–Kier alpha value is -2.21. The van der Waals surface area contributed by atoms with Gasteiger partial charge in [0.25, 0.3) is 0 Å². The van der Waals surface area contributed by atoms with Crippen LogP contribution in [0.3, 0.4) is 0 Å². The molecule has 1 unspecified atom stereocenters. The summed E-state index contributed by atoms with van der Waals surface area (Å²) in [4.78, 5) is 37.4. The van der Waals surface area contributed by atoms with Gasteiger partial charge in [0.2, 0.25) is 5.91 Å². The number of nitrogens with zero attached hydrogens (tertiary/aromatic N) is 1. The van der Waals surface area contributed by atoms with Gasteiger partial charge in [0.05, 0.1) is 19.6 Å². The second kappa shape index (κ2) is 7.70. The van der Waals surface area contributed by atoms with Crippen LogP contribution < -0.4 is 5.32 Å². The van der Waals surface area contributed by atoms with E-state index in [0.717, 1.165) is 0 Å². The number of methoxy groups -OCH3 is 1. The zero-order chi connectivity index (χ0) is 15.9. The second-order valence-electron chi connectivity index (χ2n) is 5.16. The van der Waals surface area contributed by atoms with Crippen LogP contribution in [0, 0.1) is 0 Å². The van der Waals surface area contributed by atoms with Crippen molar-refractivity contribution in [2.45, 2.75) is 18.9 Å². The van der Waals surface area contributed by atoms with E-state index in [9.17, 15) is 14.4 Å². The molecule has 6 heteroatoms. The minimum Gasteiger partial charge on any atom is -0.469 e. The monoisotopic (exact) mass is 304 g/mol. The fourth-order valence-corrected chi connectivity index (χ4v) is 2.51. The first kappa shape index (κ1) is 16.2. The van der Waals surface area contributed by atoms with Gasteiger partial charge in [-0.3, -0.25) is 19.3 Å². The number of ether oxygens (including phenoxy) is 1. The molecule has 0 spiro atoms. The van der Waals surface area contributed by atoms with Crippen LogP contribution in [-0.2, 0) is 14.3 Å². The van der Waals surface area contributed by atoms with E-state index in [0.29, 0.717) is 31.6 Å². The molecule has 0 radical (unpaired) electrons. The summed E-state index contributed by atoms with van der Waals surface area (Å²) in [6, 6.07) is 8.49. The maximum Gasteiger partial charge on any atom is 0.307 e. The molecule has 1 aliphatic rings. The minimum atomic E-state index is -0.565. The first-order valence-electron chi connectivity index (χ1n) is 7.28. The van der Waals surface area contributed by atoms with Crippen molar-refractivity contribution in [2.24, 2.45) is 0 Å². The number of benzene rings is 1. The average molecular weight is 304 g/mol. The predicted octanol–water partition coefficient (Wildman–Crippen LogP) is 0.623. The van der Waals surface area contributed by atoms with E-state index in [1.807, 2.05) is 23.1 Å². The van der Waals surface area contributed by atoms with Crippen molar-refractivity contribution in [1.29, 1.82) is 0 Å². The second-order valence-corrected chi connectivity index (χ2v) is 5.16. The molecule has 1 N–H and O–H groups in total. The molecular weight excluding hydrogens is 284 g/mol. The van der Waals surface area contributed by atoms with E-state index < -0.39 is 12.0 Å². The summed E-state index contributed by atoms with van der Waals surface area (Å²) < 4.78 is 4.63. The molecule has 6 nitrogen and oxygen atoms in total. The van der Waals surface area contributed by atoms with Gasteiger partial charge >= 0.3 is 5.97 Å². The van der Waals surface area contributed by atoms with Crippen LogP contribution in [0.25, 0.3) is 0 Å². The van der Waals surface area contributed by atoms with Crippen molar-refractivity contribution >= 4 is 17.7 Å². The highest BCUT2D eigenvalue weighted by atomic mass is 16.5. The highest BCUT2D eigenvalue weighted by Gasteiger charge is 2.31. The van der Waals surface area contributed by atoms with Gasteiger partial charge in [0.1, 0.15) is 0 Å². The molecule has 118 valence electrons. The van der Waals surface area contributed by atoms with Crippen molar-refractivity contribution in [3.8, 4) is 0 Å². The number of amides is 1. The Morgan fingerprint density at radius 3 is 2.73 bits per heavy atom. The van der Waals surface area contributed by atoms with Gasteiger partial charge in [-0.1, -0.05) is 30.3 Å². The number of Topliss-reactive ketones (excluding diaryl/α,β-unsaturated/α-hetero) is 1. The lowest BCUT2D eigenvalue weighted by Gasteiger charge is -2.34. The third-order valence-electron chi connectivity index (χ3n) is 3.75. The van der Waals surface area contributed by atoms with E-state index >= 15 is 0 Å². The molecular formula is C16H20N2O4. The summed E-state index contributed by atoms with van der Waals surface area (Å²) in [6.45, 7) is 1.59. The van der Waals surface area contributed by atoms with Gasteiger partial charge in [-0.15, -0.1) is 0 Å². The molecule has 2 rings (SSSR count). The Labute approximate surface area is 129 Å². The van der Waals surface area contributed by atoms with Crippen molar-refractivity contribution in [1.82, 2.24) is 10.2 Å². The number of ketones is 1. The van der Waals surface area contributed by atoms with E-state index in [1.165, 1.54) is 7.11 Å². The van der Waals surface area contributed by atoms with Crippen molar-refractivity contribution in [3.05, 3.63) is 35.9 Å². The van der Waals surface area contributed by atoms with Crippen LogP contribution in [0.1, 0.15) is 23.2 Å². The molecule has 0 aliphatic carbocycles. The van der Waals surface area contributed by atoms with Crippen LogP contribution in [0.15, 0.2) is 30.3 Å². The molecule has 0 bridgehead atoms. The molecule has 1 aliphatic heterocycles. The number of esters is 1. The standard InChI is InChI=1S/C16H20N2O4/c1-22-15(20)11-13-16(21)17-8-10-18(13)9-7-14(19)12-5-3-2-4-6-12/h2-6,13H,7-11H2,1H3,(H,17,21). The fraction of sp³-hybridized carbons (Fsp3) is 0.438. The highest BCUT2D eigenvalue weighted by molar-refractivity contribution is 5.96. The van der Waals surface area contributed by atoms with E-state index in [4.69, 9.17) is 0 Å². The van der Waals surface area contributed by atoms with Crippen molar-refractivity contribution < 1.29 is 19.1 Å². The number of hydrogen-bond donors (Lipinski definition) is 1. The maximum absolute atomic E-state index is 12.1. The van der Waals surface area contributed by atoms with Gasteiger partial charge < -0.3 is 10.1 Å². The van der Waals surface area contributed by atoms with E-state index in [-0.39, 0.29) is 18.1 Å². The average Bonchev–Trinajstić information content (AvgIpc) is 2.55. The van der Waals surface area contributed by atoms with Gasteiger partial charge in [0, 0.05) is 31.6 Å². The third kappa shape index (κ3) is 4.14. The Bertz CT molecular complexity index is 544. The van der Waals surface area contributed by atoms with Crippen molar-refractivity contribution in [2.75, 3.05) is 26.7 Å². The molecule has 1 heterocycles. The Morgan fingerprint density at radius 1 is 1.32 bits per heavy atom. The summed E-state index contributed by atoms with van der Waals surface area (Å²) in [6.07, 6.45) is 0.316. The number of nitrogens with one attached hydrogen (secondary N) is 1. The van der Waals surface area contributed by atoms with Crippen molar-refractivity contribution in [3.63, 3.8) is 0 Å². The lowest BCUT2D eigenvalue weighted by molar-refractivity contribution is -0.145. The van der Waals surface area contributed by atoms with Crippen LogP contribution in [-0.4, -0.2) is 55.3 Å². The molecule has 1 aromatic rings. The number of hydrogen-bond acceptors (Lipinski definition) is 5. The minimum absolute atomic E-state index is 0.00185. The summed E-state index contributed by atoms with van der Waals surface area (Å²) in [5.74, 6) is -0.589. The Balaban J connectivity index is 1.95. The molecule has 1 aromatic carbocycles. The van der Waals surface area contributed by atoms with E-state index in [1.54, 1.807) is 12.1 Å². The van der Waals surface area contributed by atoms with Gasteiger partial charge in [-0.2, -0.15) is 0 Å². The van der Waals surface area contributed by atoms with Gasteiger partial charge in [-0.25, -0.2) is 0 Å². The summed E-state index contributed by atoms with van der Waals surface area (Å²) >= 11 is 0. The lowest BCUT2D eigenvalue weighted by atomic mass is 10.1. The lowest BCUT2D eigenvalue weighted by Crippen LogP contribution is -2.56. The van der Waals surface area contributed by atoms with Gasteiger partial charge in [-0.05, 0) is 0 Å². The number of piperazine rings is 1. The first-order chi connectivity index (χ1) is 10.6. The predicted molar refractivity (Wildman–Crippen MR) is 80.4 cm³/mol. The number of rotatable bonds is 6. The van der Waals surface area contributed by atoms with E-state index in [2.05, 4.69) is 10.1 Å². The zero-order valence-electron chi connectivity index (χ0n) is 12.6. The fourth-order valence-electron chi connectivity index (χ4n) is 2.51. The molecule has 22 heavy (non-hydrogen) atoms. The molecule has 0 aromatic heterocycles. The molecule has 1 amide bonds. The summed E-state index contributed by atoms with van der Waals surface area (Å²) in [5, 5.41) is 2.74. The number of carbonyl (C=O) groups is 3. The summed E-state index contributed by atoms with van der Waals surface area (Å²) in [5.41, 5.74) is 0.661. The zero-order valence-corrected chi connectivity index (χ0v) is 12.6. The normalized spacial score (nSPS) is 18.6. The maximum atomic E-state index is 12.1. The SMILES string of the molecule is COC(=O)CC1C(=O)NCCN1CCC(=O)c1ccccc1. The Morgan fingerprint density at radius 2 is 2.05 bits per heavy atom. The smallest absolute Gasteiger partial charge is 0.307 e.